The molecule has 0 saturated carbocycles. The molecule has 2 aliphatic carbocycles. The third kappa shape index (κ3) is 9.66. The molecule has 440 valence electrons. The molecule has 0 N–H and O–H groups in total. The van der Waals surface area contributed by atoms with E-state index in [1.807, 2.05) is 121 Å². The maximum atomic E-state index is 6.21. The highest BCUT2D eigenvalue weighted by molar-refractivity contribution is 6.11. The van der Waals surface area contributed by atoms with E-state index < -0.39 is 0 Å². The first-order valence-electron chi connectivity index (χ1n) is 31.4. The maximum absolute atomic E-state index is 6.21. The molecule has 0 saturated heterocycles. The van der Waals surface area contributed by atoms with Crippen molar-refractivity contribution in [3.8, 4) is 113 Å². The number of hydrogen-bond donors (Lipinski definition) is 0. The van der Waals surface area contributed by atoms with Gasteiger partial charge in [-0.05, 0) is 113 Å². The Balaban J connectivity index is 0.000000152. The van der Waals surface area contributed by atoms with Crippen molar-refractivity contribution in [3.63, 3.8) is 0 Å². The van der Waals surface area contributed by atoms with Crippen LogP contribution in [0.4, 0.5) is 0 Å². The summed E-state index contributed by atoms with van der Waals surface area (Å²) in [4.78, 5) is 30.0. The van der Waals surface area contributed by atoms with Crippen molar-refractivity contribution in [2.24, 2.45) is 0 Å². The molecular weight excluding hydrogens is 1110 g/mol. The zero-order valence-electron chi connectivity index (χ0n) is 52.5. The van der Waals surface area contributed by atoms with Gasteiger partial charge in [-0.2, -0.15) is 0 Å². The molecule has 3 heterocycles. The molecular formula is C84H68N6O. The summed E-state index contributed by atoms with van der Waals surface area (Å²) < 4.78 is 6.21. The van der Waals surface area contributed by atoms with E-state index in [9.17, 15) is 0 Å². The number of para-hydroxylation sites is 1. The Morgan fingerprint density at radius 1 is 0.220 bits per heavy atom. The van der Waals surface area contributed by atoms with Gasteiger partial charge in [0.1, 0.15) is 11.2 Å². The Morgan fingerprint density at radius 3 is 1.12 bits per heavy atom. The molecule has 0 atom stereocenters. The lowest BCUT2D eigenvalue weighted by Crippen LogP contribution is -2.43. The second kappa shape index (κ2) is 22.1. The summed E-state index contributed by atoms with van der Waals surface area (Å²) >= 11 is 0. The molecule has 11 aromatic carbocycles. The standard InChI is InChI=1S/C45H37N3.C39H31N3O/c1-44(2)39-22-14-13-21-37(39)38-29-34(27-28-40(38)45(44,3)4)36-20-12-11-19-35(36)30-23-25-33(26-24-30)43-47-41(31-15-7-5-8-16-31)46-42(48-43)32-17-9-6-10-18-32;1-38(2)30-18-10-8-15-26(30)27-22-21-25(23-31(27)39(38,3)4)36-40-35(24-13-6-5-7-14-24)41-37(42-36)29-17-12-20-33-34(29)28-16-9-11-19-32(28)43-33/h5-29H,1-4H3;5-23H,1-4H3. The van der Waals surface area contributed by atoms with Crippen molar-refractivity contribution in [1.29, 1.82) is 0 Å². The van der Waals surface area contributed by atoms with Crippen LogP contribution in [-0.4, -0.2) is 29.9 Å². The number of hydrogen-bond acceptors (Lipinski definition) is 7. The smallest absolute Gasteiger partial charge is 0.164 e. The summed E-state index contributed by atoms with van der Waals surface area (Å²) in [5.74, 6) is 3.91. The van der Waals surface area contributed by atoms with Crippen LogP contribution in [0.5, 0.6) is 0 Å². The summed E-state index contributed by atoms with van der Waals surface area (Å²) in [5.41, 5.74) is 22.7. The average molecular weight is 1180 g/mol. The zero-order chi connectivity index (χ0) is 62.2. The fourth-order valence-electron chi connectivity index (χ4n) is 13.8. The fourth-order valence-corrected chi connectivity index (χ4v) is 13.8. The molecule has 14 aromatic rings. The Kier molecular flexibility index (Phi) is 13.8. The van der Waals surface area contributed by atoms with Crippen LogP contribution in [0.15, 0.2) is 271 Å². The van der Waals surface area contributed by atoms with Crippen molar-refractivity contribution in [2.75, 3.05) is 0 Å². The van der Waals surface area contributed by atoms with Gasteiger partial charge in [0, 0.05) is 44.2 Å². The van der Waals surface area contributed by atoms with Gasteiger partial charge in [-0.3, -0.25) is 0 Å². The fraction of sp³-hybridized carbons (Fsp3) is 0.143. The number of rotatable bonds is 8. The molecule has 7 nitrogen and oxygen atoms in total. The first kappa shape index (κ1) is 56.7. The summed E-state index contributed by atoms with van der Waals surface area (Å²) in [5, 5.41) is 2.06. The van der Waals surface area contributed by atoms with Gasteiger partial charge in [0.05, 0.1) is 0 Å². The van der Waals surface area contributed by atoms with Crippen LogP contribution in [-0.2, 0) is 21.7 Å². The van der Waals surface area contributed by atoms with E-state index in [0.29, 0.717) is 34.9 Å². The minimum Gasteiger partial charge on any atom is -0.456 e. The van der Waals surface area contributed by atoms with Gasteiger partial charge in [-0.1, -0.05) is 298 Å². The van der Waals surface area contributed by atoms with Gasteiger partial charge in [-0.25, -0.2) is 29.9 Å². The lowest BCUT2D eigenvalue weighted by atomic mass is 9.55. The molecule has 0 radical (unpaired) electrons. The van der Waals surface area contributed by atoms with Crippen LogP contribution >= 0.6 is 0 Å². The second-order valence-electron chi connectivity index (χ2n) is 26.2. The molecule has 0 spiro atoms. The minimum atomic E-state index is -0.119. The Morgan fingerprint density at radius 2 is 0.571 bits per heavy atom. The van der Waals surface area contributed by atoms with E-state index >= 15 is 0 Å². The Labute approximate surface area is 532 Å². The van der Waals surface area contributed by atoms with Gasteiger partial charge < -0.3 is 4.42 Å². The number of fused-ring (bicyclic) bond motifs is 9. The SMILES string of the molecule is CC1(C)c2ccccc2-c2cc(-c3ccccc3-c3ccc(-c4nc(-c5ccccc5)nc(-c5ccccc5)n4)cc3)ccc2C1(C)C.CC1(C)c2ccccc2-c2ccc(-c3nc(-c4ccccc4)nc(-c4cccc5oc6ccccc6c45)n3)cc2C1(C)C. The van der Waals surface area contributed by atoms with Crippen molar-refractivity contribution in [2.45, 2.75) is 77.0 Å². The van der Waals surface area contributed by atoms with E-state index in [4.69, 9.17) is 34.3 Å². The third-order valence-electron chi connectivity index (χ3n) is 20.3. The van der Waals surface area contributed by atoms with Crippen LogP contribution in [0.3, 0.4) is 0 Å². The number of aromatic nitrogens is 6. The monoisotopic (exact) mass is 1180 g/mol. The Hall–Kier alpha value is -10.8. The van der Waals surface area contributed by atoms with Crippen LogP contribution in [0.25, 0.3) is 135 Å². The summed E-state index contributed by atoms with van der Waals surface area (Å²) in [6, 6.07) is 93.4. The minimum absolute atomic E-state index is 0.0135. The normalized spacial score (nSPS) is 14.5. The van der Waals surface area contributed by atoms with Crippen molar-refractivity contribution < 1.29 is 4.42 Å². The molecule has 0 fully saturated rings. The quantitative estimate of drug-likeness (QED) is 0.150. The van der Waals surface area contributed by atoms with E-state index in [2.05, 4.69) is 201 Å². The van der Waals surface area contributed by atoms with Gasteiger partial charge in [0.15, 0.2) is 34.9 Å². The molecule has 0 aliphatic heterocycles. The summed E-state index contributed by atoms with van der Waals surface area (Å²) in [6.45, 7) is 18.9. The largest absolute Gasteiger partial charge is 0.456 e. The third-order valence-corrected chi connectivity index (χ3v) is 20.3. The van der Waals surface area contributed by atoms with Gasteiger partial charge in [0.25, 0.3) is 0 Å². The predicted octanol–water partition coefficient (Wildman–Crippen LogP) is 21.5. The topological polar surface area (TPSA) is 90.5 Å². The first-order valence-corrected chi connectivity index (χ1v) is 31.4. The number of nitrogens with zero attached hydrogens (tertiary/aromatic N) is 6. The van der Waals surface area contributed by atoms with Crippen LogP contribution in [0.1, 0.15) is 77.6 Å². The molecule has 16 rings (SSSR count). The van der Waals surface area contributed by atoms with Gasteiger partial charge in [-0.15, -0.1) is 0 Å². The highest BCUT2D eigenvalue weighted by atomic mass is 16.3. The second-order valence-corrected chi connectivity index (χ2v) is 26.2. The van der Waals surface area contributed by atoms with Crippen LogP contribution in [0, 0.1) is 0 Å². The number of benzene rings is 11. The molecule has 7 heteroatoms. The van der Waals surface area contributed by atoms with E-state index in [-0.39, 0.29) is 21.7 Å². The lowest BCUT2D eigenvalue weighted by molar-refractivity contribution is 0.299. The molecule has 3 aromatic heterocycles. The van der Waals surface area contributed by atoms with Crippen LogP contribution < -0.4 is 0 Å². The molecule has 0 bridgehead atoms. The highest BCUT2D eigenvalue weighted by Crippen LogP contribution is 2.56. The van der Waals surface area contributed by atoms with Gasteiger partial charge in [0.2, 0.25) is 0 Å². The van der Waals surface area contributed by atoms with E-state index in [1.54, 1.807) is 0 Å². The molecule has 0 unspecified atom stereocenters. The highest BCUT2D eigenvalue weighted by Gasteiger charge is 2.47. The van der Waals surface area contributed by atoms with Gasteiger partial charge >= 0.3 is 0 Å². The van der Waals surface area contributed by atoms with E-state index in [0.717, 1.165) is 60.9 Å². The Bertz CT molecular complexity index is 5050. The van der Waals surface area contributed by atoms with Crippen molar-refractivity contribution >= 4 is 21.9 Å². The molecule has 91 heavy (non-hydrogen) atoms. The molecule has 2 aliphatic rings. The van der Waals surface area contributed by atoms with Crippen LogP contribution in [0.2, 0.25) is 0 Å². The lowest BCUT2D eigenvalue weighted by Gasteiger charge is -2.48. The van der Waals surface area contributed by atoms with Crippen molar-refractivity contribution in [3.05, 3.63) is 289 Å². The maximum Gasteiger partial charge on any atom is 0.164 e. The summed E-state index contributed by atoms with van der Waals surface area (Å²) in [6.07, 6.45) is 0. The van der Waals surface area contributed by atoms with Crippen molar-refractivity contribution in [1.82, 2.24) is 29.9 Å². The zero-order valence-corrected chi connectivity index (χ0v) is 52.5. The molecule has 0 amide bonds. The van der Waals surface area contributed by atoms with E-state index in [1.165, 1.54) is 61.2 Å². The summed E-state index contributed by atoms with van der Waals surface area (Å²) in [7, 11) is 0. The predicted molar refractivity (Wildman–Crippen MR) is 373 cm³/mol. The number of furan rings is 1. The average Bonchev–Trinajstić information content (AvgIpc) is 1.33. The first-order chi connectivity index (χ1) is 44.1.